The van der Waals surface area contributed by atoms with Gasteiger partial charge in [0, 0.05) is 44.0 Å². The number of nitrogens with one attached hydrogen (secondary N) is 2. The van der Waals surface area contributed by atoms with Gasteiger partial charge in [-0.25, -0.2) is 4.79 Å². The molecule has 0 aliphatic carbocycles. The van der Waals surface area contributed by atoms with E-state index in [0.29, 0.717) is 35.0 Å². The molecule has 0 saturated heterocycles. The van der Waals surface area contributed by atoms with E-state index in [-0.39, 0.29) is 56.0 Å². The summed E-state index contributed by atoms with van der Waals surface area (Å²) in [7, 11) is 3.30. The van der Waals surface area contributed by atoms with Gasteiger partial charge in [-0.2, -0.15) is 0 Å². The highest BCUT2D eigenvalue weighted by atomic mass is 16.5. The van der Waals surface area contributed by atoms with Crippen molar-refractivity contribution in [2.24, 2.45) is 5.92 Å². The number of anilines is 2. The Balaban J connectivity index is 1.56. The van der Waals surface area contributed by atoms with E-state index in [0.717, 1.165) is 24.8 Å². The van der Waals surface area contributed by atoms with E-state index in [9.17, 15) is 19.5 Å². The number of carbonyl (C=O) groups excluding carboxylic acids is 3. The minimum absolute atomic E-state index is 0.181. The van der Waals surface area contributed by atoms with Crippen molar-refractivity contribution in [1.29, 1.82) is 0 Å². The molecule has 0 fully saturated rings. The zero-order chi connectivity index (χ0) is 35.3. The lowest BCUT2D eigenvalue weighted by Crippen LogP contribution is -2.48. The third-order valence-electron chi connectivity index (χ3n) is 8.68. The quantitative estimate of drug-likeness (QED) is 0.260. The first-order valence-corrected chi connectivity index (χ1v) is 16.9. The summed E-state index contributed by atoms with van der Waals surface area (Å²) in [6, 6.07) is 20.8. The number of benzene rings is 3. The van der Waals surface area contributed by atoms with E-state index in [1.54, 1.807) is 73.3 Å². The van der Waals surface area contributed by atoms with E-state index in [1.165, 1.54) is 0 Å². The van der Waals surface area contributed by atoms with Crippen LogP contribution in [0.5, 0.6) is 11.5 Å². The lowest BCUT2D eigenvalue weighted by molar-refractivity contribution is -0.115. The molecular weight excluding hydrogens is 624 g/mol. The Morgan fingerprint density at radius 3 is 2.43 bits per heavy atom. The zero-order valence-electron chi connectivity index (χ0n) is 29.2. The Kier molecular flexibility index (Phi) is 13.8. The number of ether oxygens (including phenoxy) is 3. The predicted molar refractivity (Wildman–Crippen MR) is 190 cm³/mol. The van der Waals surface area contributed by atoms with Crippen LogP contribution in [0.15, 0.2) is 72.8 Å². The molecule has 1 aliphatic rings. The average molecular weight is 675 g/mol. The molecule has 0 saturated carbocycles. The molecule has 0 aromatic heterocycles. The number of amides is 4. The van der Waals surface area contributed by atoms with Gasteiger partial charge in [0.25, 0.3) is 5.91 Å². The molecule has 4 rings (SSSR count). The van der Waals surface area contributed by atoms with Crippen LogP contribution in [0, 0.1) is 5.92 Å². The fraction of sp³-hybridized carbons (Fsp3) is 0.447. The van der Waals surface area contributed by atoms with Crippen LogP contribution in [0.2, 0.25) is 0 Å². The minimum atomic E-state index is -0.527. The summed E-state index contributed by atoms with van der Waals surface area (Å²) in [6.07, 6.45) is 2.01. The molecule has 1 heterocycles. The number of likely N-dealkylation sites (N-methyl/N-ethyl adjacent to an activating group) is 1. The van der Waals surface area contributed by atoms with Crippen LogP contribution >= 0.6 is 0 Å². The van der Waals surface area contributed by atoms with Gasteiger partial charge in [-0.15, -0.1) is 0 Å². The SMILES string of the molecule is COc1ccc(NC(=O)N(C)C[C@H]2OCCCC[C@@H](C)Oc3ccc(NC(=O)Cc4ccccc4)cc3C(=O)N([C@H](C)CO)C[C@@H]2C)cc1. The summed E-state index contributed by atoms with van der Waals surface area (Å²) in [5.74, 6) is 0.353. The molecule has 0 radical (unpaired) electrons. The maximum Gasteiger partial charge on any atom is 0.321 e. The van der Waals surface area contributed by atoms with Crippen molar-refractivity contribution in [2.45, 2.75) is 64.7 Å². The van der Waals surface area contributed by atoms with E-state index >= 15 is 0 Å². The van der Waals surface area contributed by atoms with Crippen molar-refractivity contribution >= 4 is 29.2 Å². The van der Waals surface area contributed by atoms with Crippen molar-refractivity contribution in [1.82, 2.24) is 9.80 Å². The van der Waals surface area contributed by atoms with Gasteiger partial charge in [0.1, 0.15) is 11.5 Å². The summed E-state index contributed by atoms with van der Waals surface area (Å²) in [4.78, 5) is 43.6. The molecule has 264 valence electrons. The van der Waals surface area contributed by atoms with E-state index in [1.807, 2.05) is 44.2 Å². The lowest BCUT2D eigenvalue weighted by atomic mass is 10.0. The molecule has 0 bridgehead atoms. The number of aliphatic hydroxyl groups is 1. The van der Waals surface area contributed by atoms with Gasteiger partial charge in [0.2, 0.25) is 5.91 Å². The molecule has 0 unspecified atom stereocenters. The third-order valence-corrected chi connectivity index (χ3v) is 8.68. The normalized spacial score (nSPS) is 19.4. The number of hydrogen-bond donors (Lipinski definition) is 3. The van der Waals surface area contributed by atoms with E-state index < -0.39 is 12.1 Å². The second-order valence-corrected chi connectivity index (χ2v) is 12.8. The molecule has 11 heteroatoms. The van der Waals surface area contributed by atoms with Crippen molar-refractivity contribution < 1.29 is 33.7 Å². The first-order valence-electron chi connectivity index (χ1n) is 16.9. The Morgan fingerprint density at radius 2 is 1.73 bits per heavy atom. The number of aliphatic hydroxyl groups excluding tert-OH is 1. The number of methoxy groups -OCH3 is 1. The molecule has 4 atom stereocenters. The highest BCUT2D eigenvalue weighted by Crippen LogP contribution is 2.29. The Labute approximate surface area is 289 Å². The van der Waals surface area contributed by atoms with Crippen molar-refractivity contribution in [2.75, 3.05) is 51.1 Å². The lowest BCUT2D eigenvalue weighted by Gasteiger charge is -2.35. The van der Waals surface area contributed by atoms with Crippen LogP contribution in [0.1, 0.15) is 56.0 Å². The fourth-order valence-electron chi connectivity index (χ4n) is 5.70. The van der Waals surface area contributed by atoms with Crippen LogP contribution in [-0.4, -0.2) is 91.5 Å². The molecular formula is C38H50N4O7. The first-order chi connectivity index (χ1) is 23.6. The highest BCUT2D eigenvalue weighted by molar-refractivity contribution is 6.00. The first kappa shape index (κ1) is 37.2. The summed E-state index contributed by atoms with van der Waals surface area (Å²) < 4.78 is 17.9. The van der Waals surface area contributed by atoms with Crippen molar-refractivity contribution in [3.05, 3.63) is 83.9 Å². The van der Waals surface area contributed by atoms with Gasteiger partial charge in [-0.1, -0.05) is 37.3 Å². The van der Waals surface area contributed by atoms with Gasteiger partial charge in [0.15, 0.2) is 0 Å². The monoisotopic (exact) mass is 674 g/mol. The number of rotatable bonds is 9. The number of urea groups is 1. The number of nitrogens with zero attached hydrogens (tertiary/aromatic N) is 2. The van der Waals surface area contributed by atoms with Crippen LogP contribution in [0.25, 0.3) is 0 Å². The van der Waals surface area contributed by atoms with Crippen LogP contribution in [-0.2, 0) is 16.0 Å². The molecule has 11 nitrogen and oxygen atoms in total. The van der Waals surface area contributed by atoms with E-state index in [2.05, 4.69) is 10.6 Å². The maximum atomic E-state index is 14.4. The van der Waals surface area contributed by atoms with Crippen LogP contribution in [0.4, 0.5) is 16.2 Å². The summed E-state index contributed by atoms with van der Waals surface area (Å²) in [5, 5.41) is 16.1. The van der Waals surface area contributed by atoms with E-state index in [4.69, 9.17) is 14.2 Å². The number of carbonyl (C=O) groups is 3. The van der Waals surface area contributed by atoms with Gasteiger partial charge in [-0.3, -0.25) is 9.59 Å². The predicted octanol–water partition coefficient (Wildman–Crippen LogP) is 5.84. The van der Waals surface area contributed by atoms with Gasteiger partial charge in [0.05, 0.1) is 44.0 Å². The zero-order valence-corrected chi connectivity index (χ0v) is 29.2. The fourth-order valence-corrected chi connectivity index (χ4v) is 5.70. The molecule has 3 aromatic rings. The summed E-state index contributed by atoms with van der Waals surface area (Å²) >= 11 is 0. The van der Waals surface area contributed by atoms with Gasteiger partial charge in [-0.05, 0) is 81.1 Å². The molecule has 3 aromatic carbocycles. The topological polar surface area (TPSA) is 130 Å². The number of fused-ring (bicyclic) bond motifs is 1. The molecule has 0 spiro atoms. The smallest absolute Gasteiger partial charge is 0.321 e. The van der Waals surface area contributed by atoms with Gasteiger partial charge < -0.3 is 39.8 Å². The number of hydrogen-bond acceptors (Lipinski definition) is 7. The third kappa shape index (κ3) is 11.0. The second-order valence-electron chi connectivity index (χ2n) is 12.8. The maximum absolute atomic E-state index is 14.4. The van der Waals surface area contributed by atoms with Gasteiger partial charge >= 0.3 is 6.03 Å². The van der Waals surface area contributed by atoms with Crippen molar-refractivity contribution in [3.8, 4) is 11.5 Å². The average Bonchev–Trinajstić information content (AvgIpc) is 3.10. The standard InChI is InChI=1S/C38H50N4O7/c1-26-23-42(27(2)25-43)37(45)33-22-31(39-36(44)21-29-12-7-6-8-13-29)16-19-34(33)49-28(3)11-9-10-20-48-35(26)24-41(4)38(46)40-30-14-17-32(47-5)18-15-30/h6-8,12-19,22,26-28,35,43H,9-11,20-21,23-25H2,1-5H3,(H,39,44)(H,40,46)/t26-,27+,28+,35+/m0/s1. The molecule has 4 amide bonds. The Hall–Kier alpha value is -4.61. The molecule has 49 heavy (non-hydrogen) atoms. The minimum Gasteiger partial charge on any atom is -0.497 e. The van der Waals surface area contributed by atoms with Crippen LogP contribution in [0.3, 0.4) is 0 Å². The Bertz CT molecular complexity index is 1520. The Morgan fingerprint density at radius 1 is 1.02 bits per heavy atom. The largest absolute Gasteiger partial charge is 0.497 e. The molecule has 1 aliphatic heterocycles. The highest BCUT2D eigenvalue weighted by Gasteiger charge is 2.31. The second kappa shape index (κ2) is 18.2. The molecule has 3 N–H and O–H groups in total. The van der Waals surface area contributed by atoms with Crippen LogP contribution < -0.4 is 20.1 Å². The summed E-state index contributed by atoms with van der Waals surface area (Å²) in [5.41, 5.74) is 2.28. The van der Waals surface area contributed by atoms with Crippen molar-refractivity contribution in [3.63, 3.8) is 0 Å². The summed E-state index contributed by atoms with van der Waals surface area (Å²) in [6.45, 7) is 6.50.